The number of carboxylic acid groups (broad SMARTS) is 1. The molecule has 1 fully saturated rings. The van der Waals surface area contributed by atoms with Crippen LogP contribution in [0.5, 0.6) is 5.75 Å². The Morgan fingerprint density at radius 3 is 2.26 bits per heavy atom. The van der Waals surface area contributed by atoms with Crippen LogP contribution in [-0.4, -0.2) is 56.3 Å². The van der Waals surface area contributed by atoms with Crippen LogP contribution in [0.2, 0.25) is 0 Å². The van der Waals surface area contributed by atoms with E-state index in [4.69, 9.17) is 9.47 Å². The number of carbonyl (C=O) groups excluding carboxylic acids is 2. The van der Waals surface area contributed by atoms with Crippen LogP contribution in [0.3, 0.4) is 0 Å². The Balaban J connectivity index is 1.58. The van der Waals surface area contributed by atoms with Gasteiger partial charge in [0.25, 0.3) is 5.91 Å². The van der Waals surface area contributed by atoms with Crippen LogP contribution >= 0.6 is 0 Å². The van der Waals surface area contributed by atoms with Crippen molar-refractivity contribution in [3.63, 3.8) is 0 Å². The molecular formula is C26H29N3O6. The zero-order valence-corrected chi connectivity index (χ0v) is 19.5. The molecule has 184 valence electrons. The molecule has 0 radical (unpaired) electrons. The lowest BCUT2D eigenvalue weighted by Gasteiger charge is -2.30. The Morgan fingerprint density at radius 1 is 0.943 bits per heavy atom. The third-order valence-electron chi connectivity index (χ3n) is 6.29. The summed E-state index contributed by atoms with van der Waals surface area (Å²) in [6, 6.07) is 12.2. The molecule has 4 rings (SSSR count). The van der Waals surface area contributed by atoms with Crippen molar-refractivity contribution in [1.82, 2.24) is 0 Å². The second-order valence-electron chi connectivity index (χ2n) is 8.50. The van der Waals surface area contributed by atoms with Gasteiger partial charge < -0.3 is 30.1 Å². The zero-order chi connectivity index (χ0) is 24.8. The number of anilines is 3. The first-order valence-corrected chi connectivity index (χ1v) is 11.6. The minimum absolute atomic E-state index is 0.318. The van der Waals surface area contributed by atoms with E-state index in [0.29, 0.717) is 61.8 Å². The van der Waals surface area contributed by atoms with Crippen molar-refractivity contribution < 1.29 is 29.0 Å². The van der Waals surface area contributed by atoms with E-state index >= 15 is 0 Å². The molecule has 35 heavy (non-hydrogen) atoms. The first kappa shape index (κ1) is 24.3. The van der Waals surface area contributed by atoms with Gasteiger partial charge in [0.1, 0.15) is 5.75 Å². The number of aliphatic carboxylic acids is 1. The molecule has 9 nitrogen and oxygen atoms in total. The molecule has 0 bridgehead atoms. The zero-order valence-electron chi connectivity index (χ0n) is 19.5. The van der Waals surface area contributed by atoms with Crippen molar-refractivity contribution in [2.24, 2.45) is 11.8 Å². The molecule has 2 atom stereocenters. The number of nitrogens with zero attached hydrogens (tertiary/aromatic N) is 1. The smallest absolute Gasteiger partial charge is 0.307 e. The monoisotopic (exact) mass is 479 g/mol. The summed E-state index contributed by atoms with van der Waals surface area (Å²) in [6.07, 6.45) is 4.30. The standard InChI is InChI=1S/C26H29N3O6/c1-34-19-9-6-17(7-10-19)27-25(31)22-16-18(8-11-23(22)29-12-14-35-15-13-29)28-24(30)20-4-2-3-5-21(20)26(32)33/h2-3,6-11,16,20-21H,4-5,12-15H2,1H3,(H,27,31)(H,28,30)(H,32,33)/t20-,21+/m0/s1. The third-order valence-corrected chi connectivity index (χ3v) is 6.29. The molecule has 2 aromatic rings. The number of rotatable bonds is 7. The van der Waals surface area contributed by atoms with Gasteiger partial charge in [-0.05, 0) is 55.3 Å². The van der Waals surface area contributed by atoms with Gasteiger partial charge in [0.2, 0.25) is 5.91 Å². The minimum atomic E-state index is -0.989. The molecule has 1 saturated heterocycles. The van der Waals surface area contributed by atoms with Gasteiger partial charge in [-0.2, -0.15) is 0 Å². The molecule has 0 unspecified atom stereocenters. The molecule has 3 N–H and O–H groups in total. The lowest BCUT2D eigenvalue weighted by atomic mass is 9.82. The van der Waals surface area contributed by atoms with Gasteiger partial charge in [0, 0.05) is 30.2 Å². The number of hydrogen-bond acceptors (Lipinski definition) is 6. The van der Waals surface area contributed by atoms with E-state index in [1.54, 1.807) is 55.7 Å². The number of carbonyl (C=O) groups is 3. The van der Waals surface area contributed by atoms with Crippen molar-refractivity contribution in [1.29, 1.82) is 0 Å². The van der Waals surface area contributed by atoms with E-state index < -0.39 is 17.8 Å². The van der Waals surface area contributed by atoms with Crippen LogP contribution in [0.4, 0.5) is 17.1 Å². The molecular weight excluding hydrogens is 450 g/mol. The Labute approximate surface area is 203 Å². The summed E-state index contributed by atoms with van der Waals surface area (Å²) < 4.78 is 10.6. The minimum Gasteiger partial charge on any atom is -0.497 e. The quantitative estimate of drug-likeness (QED) is 0.521. The second kappa shape index (κ2) is 11.1. The predicted octanol–water partition coefficient (Wildman–Crippen LogP) is 3.39. The van der Waals surface area contributed by atoms with Crippen LogP contribution in [0.15, 0.2) is 54.6 Å². The number of ether oxygens (including phenoxy) is 2. The normalized spacial score (nSPS) is 19.6. The Hall–Kier alpha value is -3.85. The predicted molar refractivity (Wildman–Crippen MR) is 132 cm³/mol. The highest BCUT2D eigenvalue weighted by Gasteiger charge is 2.34. The Kier molecular flexibility index (Phi) is 7.67. The summed E-state index contributed by atoms with van der Waals surface area (Å²) in [6.45, 7) is 2.40. The lowest BCUT2D eigenvalue weighted by Crippen LogP contribution is -2.37. The van der Waals surface area contributed by atoms with Gasteiger partial charge in [-0.15, -0.1) is 0 Å². The van der Waals surface area contributed by atoms with Gasteiger partial charge in [0.15, 0.2) is 0 Å². The third kappa shape index (κ3) is 5.81. The van der Waals surface area contributed by atoms with Gasteiger partial charge in [-0.25, -0.2) is 0 Å². The maximum absolute atomic E-state index is 13.3. The lowest BCUT2D eigenvalue weighted by molar-refractivity contribution is -0.146. The molecule has 9 heteroatoms. The summed E-state index contributed by atoms with van der Waals surface area (Å²) in [5, 5.41) is 15.2. The Bertz CT molecular complexity index is 1110. The van der Waals surface area contributed by atoms with Crippen molar-refractivity contribution >= 4 is 34.8 Å². The van der Waals surface area contributed by atoms with Crippen molar-refractivity contribution in [2.45, 2.75) is 12.8 Å². The highest BCUT2D eigenvalue weighted by atomic mass is 16.5. The molecule has 0 saturated carbocycles. The van der Waals surface area contributed by atoms with E-state index in [1.165, 1.54) is 0 Å². The van der Waals surface area contributed by atoms with Crippen molar-refractivity contribution in [3.8, 4) is 5.75 Å². The fourth-order valence-electron chi connectivity index (χ4n) is 4.36. The second-order valence-corrected chi connectivity index (χ2v) is 8.50. The summed E-state index contributed by atoms with van der Waals surface area (Å²) in [7, 11) is 1.57. The van der Waals surface area contributed by atoms with Crippen LogP contribution < -0.4 is 20.3 Å². The van der Waals surface area contributed by atoms with Crippen LogP contribution in [0.1, 0.15) is 23.2 Å². The summed E-state index contributed by atoms with van der Waals surface area (Å²) >= 11 is 0. The summed E-state index contributed by atoms with van der Waals surface area (Å²) in [4.78, 5) is 39.9. The highest BCUT2D eigenvalue weighted by Crippen LogP contribution is 2.30. The number of benzene rings is 2. The van der Waals surface area contributed by atoms with E-state index in [1.807, 2.05) is 6.08 Å². The van der Waals surface area contributed by atoms with Gasteiger partial charge in [0.05, 0.1) is 37.7 Å². The summed E-state index contributed by atoms with van der Waals surface area (Å²) in [5.74, 6) is -2.45. The first-order valence-electron chi connectivity index (χ1n) is 11.6. The van der Waals surface area contributed by atoms with E-state index in [9.17, 15) is 19.5 Å². The number of amides is 2. The molecule has 0 aromatic heterocycles. The molecule has 0 spiro atoms. The number of hydrogen-bond donors (Lipinski definition) is 3. The van der Waals surface area contributed by atoms with E-state index in [2.05, 4.69) is 15.5 Å². The summed E-state index contributed by atoms with van der Waals surface area (Å²) in [5.41, 5.74) is 2.18. The highest BCUT2D eigenvalue weighted by molar-refractivity contribution is 6.09. The van der Waals surface area contributed by atoms with Crippen LogP contribution in [0, 0.1) is 11.8 Å². The number of carboxylic acids is 1. The average Bonchev–Trinajstić information content (AvgIpc) is 2.89. The molecule has 2 amide bonds. The number of allylic oxidation sites excluding steroid dienone is 2. The van der Waals surface area contributed by atoms with Crippen molar-refractivity contribution in [3.05, 3.63) is 60.2 Å². The fraction of sp³-hybridized carbons (Fsp3) is 0.346. The molecule has 2 aromatic carbocycles. The maximum Gasteiger partial charge on any atom is 0.307 e. The van der Waals surface area contributed by atoms with E-state index in [0.717, 1.165) is 5.69 Å². The van der Waals surface area contributed by atoms with Crippen LogP contribution in [0.25, 0.3) is 0 Å². The number of morpholine rings is 1. The van der Waals surface area contributed by atoms with E-state index in [-0.39, 0.29) is 11.8 Å². The topological polar surface area (TPSA) is 117 Å². The largest absolute Gasteiger partial charge is 0.497 e. The van der Waals surface area contributed by atoms with Crippen molar-refractivity contribution in [2.75, 3.05) is 48.9 Å². The molecule has 2 aliphatic rings. The SMILES string of the molecule is COc1ccc(NC(=O)c2cc(NC(=O)[C@H]3CC=CC[C@H]3C(=O)O)ccc2N2CCOCC2)cc1. The molecule has 1 aliphatic carbocycles. The van der Waals surface area contributed by atoms with Gasteiger partial charge in [-0.1, -0.05) is 12.2 Å². The molecule has 1 heterocycles. The van der Waals surface area contributed by atoms with Gasteiger partial charge >= 0.3 is 5.97 Å². The average molecular weight is 480 g/mol. The Morgan fingerprint density at radius 2 is 1.60 bits per heavy atom. The van der Waals surface area contributed by atoms with Crippen LogP contribution in [-0.2, 0) is 14.3 Å². The van der Waals surface area contributed by atoms with Gasteiger partial charge in [-0.3, -0.25) is 14.4 Å². The first-order chi connectivity index (χ1) is 17.0. The number of methoxy groups -OCH3 is 1. The number of nitrogens with one attached hydrogen (secondary N) is 2. The molecule has 1 aliphatic heterocycles. The fourth-order valence-corrected chi connectivity index (χ4v) is 4.36. The maximum atomic E-state index is 13.3.